The minimum atomic E-state index is -4.34. The summed E-state index contributed by atoms with van der Waals surface area (Å²) in [6.07, 6.45) is -3.79. The van der Waals surface area contributed by atoms with Crippen molar-refractivity contribution in [2.45, 2.75) is 57.9 Å². The van der Waals surface area contributed by atoms with Crippen LogP contribution in [-0.2, 0) is 4.74 Å². The van der Waals surface area contributed by atoms with Crippen LogP contribution in [0.3, 0.4) is 0 Å². The zero-order valence-corrected chi connectivity index (χ0v) is 15.4. The first-order valence-corrected chi connectivity index (χ1v) is 8.57. The molecule has 0 spiro atoms. The van der Waals surface area contributed by atoms with Gasteiger partial charge >= 0.3 is 12.2 Å². The summed E-state index contributed by atoms with van der Waals surface area (Å²) in [6, 6.07) is -0.579. The van der Waals surface area contributed by atoms with E-state index in [0.29, 0.717) is 26.1 Å². The molecule has 9 heteroatoms. The fourth-order valence-electron chi connectivity index (χ4n) is 2.83. The Morgan fingerprint density at radius 2 is 2.00 bits per heavy atom. The van der Waals surface area contributed by atoms with Crippen LogP contribution in [0.4, 0.5) is 18.0 Å². The number of halogens is 3. The summed E-state index contributed by atoms with van der Waals surface area (Å²) < 4.78 is 41.7. The molecular formula is C16H31F3N4O2. The van der Waals surface area contributed by atoms with Crippen molar-refractivity contribution in [3.63, 3.8) is 0 Å². The molecule has 4 N–H and O–H groups in total. The first-order chi connectivity index (χ1) is 11.4. The number of nitrogens with two attached hydrogens (primary N) is 1. The fourth-order valence-corrected chi connectivity index (χ4v) is 2.83. The summed E-state index contributed by atoms with van der Waals surface area (Å²) in [6.45, 7) is 8.08. The van der Waals surface area contributed by atoms with Crippen molar-refractivity contribution in [2.75, 3.05) is 32.8 Å². The van der Waals surface area contributed by atoms with Gasteiger partial charge in [-0.2, -0.15) is 13.2 Å². The standard InChI is InChI=1S/C16H31F3N4O2/c1-11(6-20)7-23-8-12(21-14(24)22-15(2,3)4)5-13(23)9-25-10-16(17,18)19/h11-13H,5-10,20H2,1-4H3,(H2,21,22,24)/t11-,12+,13-/m0/s1. The van der Waals surface area contributed by atoms with Crippen molar-refractivity contribution in [1.82, 2.24) is 15.5 Å². The van der Waals surface area contributed by atoms with Gasteiger partial charge in [0.2, 0.25) is 0 Å². The smallest absolute Gasteiger partial charge is 0.370 e. The normalized spacial score (nSPS) is 23.5. The average molecular weight is 368 g/mol. The predicted octanol–water partition coefficient (Wildman–Crippen LogP) is 1.70. The number of carbonyl (C=O) groups is 1. The molecule has 0 aliphatic carbocycles. The highest BCUT2D eigenvalue weighted by atomic mass is 19.4. The average Bonchev–Trinajstić information content (AvgIpc) is 2.76. The van der Waals surface area contributed by atoms with Crippen molar-refractivity contribution in [2.24, 2.45) is 11.7 Å². The zero-order valence-electron chi connectivity index (χ0n) is 15.4. The van der Waals surface area contributed by atoms with Gasteiger partial charge in [0.15, 0.2) is 0 Å². The molecule has 0 aromatic heterocycles. The van der Waals surface area contributed by atoms with Crippen LogP contribution in [0.2, 0.25) is 0 Å². The lowest BCUT2D eigenvalue weighted by molar-refractivity contribution is -0.176. The first kappa shape index (κ1) is 22.0. The van der Waals surface area contributed by atoms with Crippen molar-refractivity contribution in [1.29, 1.82) is 0 Å². The van der Waals surface area contributed by atoms with E-state index in [-0.39, 0.29) is 36.2 Å². The Morgan fingerprint density at radius 3 is 2.52 bits per heavy atom. The largest absolute Gasteiger partial charge is 0.411 e. The lowest BCUT2D eigenvalue weighted by Gasteiger charge is -2.26. The van der Waals surface area contributed by atoms with E-state index in [9.17, 15) is 18.0 Å². The molecule has 1 rings (SSSR count). The molecule has 1 aliphatic heterocycles. The highest BCUT2D eigenvalue weighted by molar-refractivity contribution is 5.75. The van der Waals surface area contributed by atoms with Gasteiger partial charge in [-0.3, -0.25) is 4.90 Å². The Balaban J connectivity index is 2.58. The van der Waals surface area contributed by atoms with Crippen molar-refractivity contribution in [3.05, 3.63) is 0 Å². The van der Waals surface area contributed by atoms with Gasteiger partial charge in [-0.05, 0) is 39.7 Å². The lowest BCUT2D eigenvalue weighted by atomic mass is 10.1. The number of nitrogens with one attached hydrogen (secondary N) is 2. The second-order valence-electron chi connectivity index (χ2n) is 7.86. The first-order valence-electron chi connectivity index (χ1n) is 8.57. The van der Waals surface area contributed by atoms with E-state index < -0.39 is 12.8 Å². The van der Waals surface area contributed by atoms with Crippen LogP contribution < -0.4 is 16.4 Å². The second-order valence-corrected chi connectivity index (χ2v) is 7.86. The number of amides is 2. The molecule has 25 heavy (non-hydrogen) atoms. The highest BCUT2D eigenvalue weighted by Gasteiger charge is 2.35. The summed E-state index contributed by atoms with van der Waals surface area (Å²) in [4.78, 5) is 14.1. The summed E-state index contributed by atoms with van der Waals surface area (Å²) in [5.41, 5.74) is 5.30. The molecular weight excluding hydrogens is 337 g/mol. The van der Waals surface area contributed by atoms with E-state index >= 15 is 0 Å². The molecule has 0 unspecified atom stereocenters. The van der Waals surface area contributed by atoms with Crippen LogP contribution >= 0.6 is 0 Å². The molecule has 1 fully saturated rings. The summed E-state index contributed by atoms with van der Waals surface area (Å²) in [7, 11) is 0. The Morgan fingerprint density at radius 1 is 1.36 bits per heavy atom. The minimum absolute atomic E-state index is 0.0180. The summed E-state index contributed by atoms with van der Waals surface area (Å²) in [5, 5.41) is 5.71. The van der Waals surface area contributed by atoms with Gasteiger partial charge in [0.1, 0.15) is 6.61 Å². The third kappa shape index (κ3) is 9.27. The monoisotopic (exact) mass is 368 g/mol. The number of ether oxygens (including phenoxy) is 1. The summed E-state index contributed by atoms with van der Waals surface area (Å²) >= 11 is 0. The molecule has 0 aromatic carbocycles. The maximum atomic E-state index is 12.3. The quantitative estimate of drug-likeness (QED) is 0.639. The number of rotatable bonds is 7. The number of nitrogens with zero attached hydrogens (tertiary/aromatic N) is 1. The molecule has 6 nitrogen and oxygen atoms in total. The molecule has 3 atom stereocenters. The molecule has 0 saturated carbocycles. The topological polar surface area (TPSA) is 79.6 Å². The van der Waals surface area contributed by atoms with Crippen LogP contribution in [0, 0.1) is 5.92 Å². The molecule has 148 valence electrons. The van der Waals surface area contributed by atoms with Gasteiger partial charge < -0.3 is 21.1 Å². The van der Waals surface area contributed by atoms with E-state index in [4.69, 9.17) is 10.5 Å². The summed E-state index contributed by atoms with van der Waals surface area (Å²) in [5.74, 6) is 0.215. The highest BCUT2D eigenvalue weighted by Crippen LogP contribution is 2.21. The lowest BCUT2D eigenvalue weighted by Crippen LogP contribution is -2.50. The van der Waals surface area contributed by atoms with Gasteiger partial charge in [0.05, 0.1) is 6.61 Å². The number of hydrogen-bond donors (Lipinski definition) is 3. The fraction of sp³-hybridized carbons (Fsp3) is 0.938. The number of urea groups is 1. The van der Waals surface area contributed by atoms with Crippen LogP contribution in [0.15, 0.2) is 0 Å². The van der Waals surface area contributed by atoms with Gasteiger partial charge in [-0.15, -0.1) is 0 Å². The maximum Gasteiger partial charge on any atom is 0.411 e. The number of hydrogen-bond acceptors (Lipinski definition) is 4. The van der Waals surface area contributed by atoms with Crippen molar-refractivity contribution < 1.29 is 22.7 Å². The van der Waals surface area contributed by atoms with Crippen LogP contribution in [0.25, 0.3) is 0 Å². The number of alkyl halides is 3. The van der Waals surface area contributed by atoms with Crippen molar-refractivity contribution >= 4 is 6.03 Å². The Hall–Kier alpha value is -1.06. The van der Waals surface area contributed by atoms with Crippen LogP contribution in [0.1, 0.15) is 34.1 Å². The Bertz CT molecular complexity index is 427. The molecule has 1 heterocycles. The van der Waals surface area contributed by atoms with Gasteiger partial charge in [-0.25, -0.2) is 4.79 Å². The SMILES string of the molecule is C[C@@H](CN)CN1C[C@H](NC(=O)NC(C)(C)C)C[C@H]1COCC(F)(F)F. The minimum Gasteiger partial charge on any atom is -0.370 e. The van der Waals surface area contributed by atoms with Gasteiger partial charge in [0, 0.05) is 30.7 Å². The Labute approximate surface area is 147 Å². The number of likely N-dealkylation sites (tertiary alicyclic amines) is 1. The zero-order chi connectivity index (χ0) is 19.3. The second kappa shape index (κ2) is 9.05. The predicted molar refractivity (Wildman–Crippen MR) is 90.3 cm³/mol. The van der Waals surface area contributed by atoms with E-state index in [1.54, 1.807) is 0 Å². The molecule has 0 bridgehead atoms. The van der Waals surface area contributed by atoms with Crippen LogP contribution in [-0.4, -0.2) is 67.6 Å². The molecule has 0 aromatic rings. The molecule has 1 saturated heterocycles. The maximum absolute atomic E-state index is 12.3. The van der Waals surface area contributed by atoms with Gasteiger partial charge in [-0.1, -0.05) is 6.92 Å². The Kier molecular flexibility index (Phi) is 7.95. The van der Waals surface area contributed by atoms with Gasteiger partial charge in [0.25, 0.3) is 0 Å². The molecule has 1 aliphatic rings. The van der Waals surface area contributed by atoms with E-state index in [1.165, 1.54) is 0 Å². The third-order valence-electron chi connectivity index (χ3n) is 3.88. The van der Waals surface area contributed by atoms with Crippen LogP contribution in [0.5, 0.6) is 0 Å². The van der Waals surface area contributed by atoms with E-state index in [1.807, 2.05) is 27.7 Å². The van der Waals surface area contributed by atoms with E-state index in [2.05, 4.69) is 15.5 Å². The molecule has 2 amide bonds. The third-order valence-corrected chi connectivity index (χ3v) is 3.88. The molecule has 0 radical (unpaired) electrons. The van der Waals surface area contributed by atoms with E-state index in [0.717, 1.165) is 0 Å². The number of carbonyl (C=O) groups excluding carboxylic acids is 1. The van der Waals surface area contributed by atoms with Crippen molar-refractivity contribution in [3.8, 4) is 0 Å².